The number of piperidine rings is 1. The molecule has 3 aromatic carbocycles. The first kappa shape index (κ1) is 22.0. The third-order valence-electron chi connectivity index (χ3n) is 6.31. The van der Waals surface area contributed by atoms with Crippen LogP contribution in [0.4, 0.5) is 11.4 Å². The Morgan fingerprint density at radius 1 is 1.03 bits per heavy atom. The van der Waals surface area contributed by atoms with E-state index in [1.807, 2.05) is 66.7 Å². The van der Waals surface area contributed by atoms with E-state index in [4.69, 9.17) is 17.3 Å². The number of halogens is 1. The van der Waals surface area contributed by atoms with Crippen LogP contribution in [0, 0.1) is 5.92 Å². The number of rotatable bonds is 5. The topological polar surface area (TPSA) is 104 Å². The summed E-state index contributed by atoms with van der Waals surface area (Å²) in [7, 11) is 0. The number of aromatic amines is 1. The average molecular weight is 474 g/mol. The highest BCUT2D eigenvalue weighted by Gasteiger charge is 2.26. The molecule has 2 amide bonds. The van der Waals surface area contributed by atoms with E-state index in [1.165, 1.54) is 0 Å². The number of H-pyrrole nitrogens is 1. The summed E-state index contributed by atoms with van der Waals surface area (Å²) in [6.07, 6.45) is 1.23. The maximum atomic E-state index is 12.9. The molecule has 0 atom stereocenters. The monoisotopic (exact) mass is 473 g/mol. The van der Waals surface area contributed by atoms with E-state index in [0.717, 1.165) is 33.5 Å². The van der Waals surface area contributed by atoms with Crippen LogP contribution in [0.15, 0.2) is 66.7 Å². The van der Waals surface area contributed by atoms with Crippen LogP contribution in [-0.4, -0.2) is 40.0 Å². The van der Waals surface area contributed by atoms with E-state index in [9.17, 15) is 9.59 Å². The van der Waals surface area contributed by atoms with Gasteiger partial charge in [-0.3, -0.25) is 14.7 Å². The summed E-state index contributed by atoms with van der Waals surface area (Å²) in [6.45, 7) is 1.09. The van der Waals surface area contributed by atoms with E-state index in [0.29, 0.717) is 36.5 Å². The Hall–Kier alpha value is -3.84. The van der Waals surface area contributed by atoms with Gasteiger partial charge >= 0.3 is 0 Å². The van der Waals surface area contributed by atoms with Crippen molar-refractivity contribution in [2.75, 3.05) is 18.4 Å². The van der Waals surface area contributed by atoms with Crippen LogP contribution in [-0.2, 0) is 4.79 Å². The minimum atomic E-state index is -0.283. The quantitative estimate of drug-likeness (QED) is 0.381. The molecule has 1 fully saturated rings. The van der Waals surface area contributed by atoms with Gasteiger partial charge in [-0.05, 0) is 55.3 Å². The Morgan fingerprint density at radius 2 is 1.76 bits per heavy atom. The summed E-state index contributed by atoms with van der Waals surface area (Å²) in [5.41, 5.74) is 10.4. The van der Waals surface area contributed by atoms with Crippen LogP contribution in [0.5, 0.6) is 0 Å². The fourth-order valence-corrected chi connectivity index (χ4v) is 4.54. The molecule has 0 radical (unpaired) electrons. The number of hydrogen-bond acceptors (Lipinski definition) is 4. The predicted molar refractivity (Wildman–Crippen MR) is 134 cm³/mol. The second-order valence-corrected chi connectivity index (χ2v) is 8.89. The number of anilines is 2. The lowest BCUT2D eigenvalue weighted by Gasteiger charge is -2.30. The molecule has 0 saturated carbocycles. The minimum Gasteiger partial charge on any atom is -0.369 e. The van der Waals surface area contributed by atoms with Gasteiger partial charge in [-0.1, -0.05) is 35.9 Å². The van der Waals surface area contributed by atoms with E-state index in [1.54, 1.807) is 4.90 Å². The second-order valence-electron chi connectivity index (χ2n) is 8.48. The molecule has 4 N–H and O–H groups in total. The van der Waals surface area contributed by atoms with Crippen LogP contribution >= 0.6 is 11.6 Å². The third-order valence-corrected chi connectivity index (χ3v) is 6.64. The molecule has 2 heterocycles. The predicted octanol–water partition coefficient (Wildman–Crippen LogP) is 4.96. The molecule has 7 nitrogen and oxygen atoms in total. The number of primary amides is 1. The first-order chi connectivity index (χ1) is 16.5. The Labute approximate surface area is 201 Å². The van der Waals surface area contributed by atoms with E-state index >= 15 is 0 Å². The smallest absolute Gasteiger partial charge is 0.253 e. The molecule has 172 valence electrons. The molecule has 0 bridgehead atoms. The molecule has 5 rings (SSSR count). The number of hydrogen-bond donors (Lipinski definition) is 3. The molecule has 1 saturated heterocycles. The number of amides is 2. The average Bonchev–Trinajstić information content (AvgIpc) is 3.28. The number of para-hydroxylation sites is 1. The van der Waals surface area contributed by atoms with Gasteiger partial charge in [0.2, 0.25) is 5.91 Å². The zero-order valence-corrected chi connectivity index (χ0v) is 19.2. The number of carbonyl (C=O) groups excluding carboxylic acids is 2. The van der Waals surface area contributed by atoms with Crippen molar-refractivity contribution in [2.45, 2.75) is 12.8 Å². The lowest BCUT2D eigenvalue weighted by molar-refractivity contribution is -0.123. The van der Waals surface area contributed by atoms with Crippen LogP contribution in [0.25, 0.3) is 22.2 Å². The van der Waals surface area contributed by atoms with Gasteiger partial charge < -0.3 is 16.0 Å². The largest absolute Gasteiger partial charge is 0.369 e. The van der Waals surface area contributed by atoms with Crippen LogP contribution in [0.3, 0.4) is 0 Å². The molecular formula is C26H24ClN5O2. The zero-order valence-electron chi connectivity index (χ0n) is 18.4. The number of benzene rings is 3. The van der Waals surface area contributed by atoms with Crippen molar-refractivity contribution < 1.29 is 9.59 Å². The van der Waals surface area contributed by atoms with Gasteiger partial charge in [0.25, 0.3) is 5.91 Å². The van der Waals surface area contributed by atoms with Crippen LogP contribution < -0.4 is 11.1 Å². The highest BCUT2D eigenvalue weighted by molar-refractivity contribution is 6.33. The number of likely N-dealkylation sites (tertiary alicyclic amines) is 1. The lowest BCUT2D eigenvalue weighted by Crippen LogP contribution is -2.41. The van der Waals surface area contributed by atoms with Crippen molar-refractivity contribution >= 4 is 45.7 Å². The Balaban J connectivity index is 1.32. The first-order valence-electron chi connectivity index (χ1n) is 11.2. The Morgan fingerprint density at radius 3 is 2.47 bits per heavy atom. The lowest BCUT2D eigenvalue weighted by atomic mass is 9.95. The Bertz CT molecular complexity index is 1360. The number of aromatic nitrogens is 2. The summed E-state index contributed by atoms with van der Waals surface area (Å²) in [6, 6.07) is 21.0. The van der Waals surface area contributed by atoms with Gasteiger partial charge in [-0.2, -0.15) is 5.10 Å². The summed E-state index contributed by atoms with van der Waals surface area (Å²) in [4.78, 5) is 26.0. The van der Waals surface area contributed by atoms with Gasteiger partial charge in [-0.15, -0.1) is 0 Å². The third kappa shape index (κ3) is 4.34. The van der Waals surface area contributed by atoms with Crippen molar-refractivity contribution in [3.63, 3.8) is 0 Å². The number of carbonyl (C=O) groups is 2. The molecule has 1 aliphatic heterocycles. The highest BCUT2D eigenvalue weighted by atomic mass is 35.5. The zero-order chi connectivity index (χ0) is 23.7. The molecule has 0 spiro atoms. The van der Waals surface area contributed by atoms with E-state index in [-0.39, 0.29) is 17.7 Å². The Kier molecular flexibility index (Phi) is 5.94. The molecule has 0 unspecified atom stereocenters. The standard InChI is InChI=1S/C26H24ClN5O2/c27-21-3-1-2-4-22(21)29-19-9-10-20-23(15-19)30-31-24(20)16-5-7-18(8-6-16)26(34)32-13-11-17(12-14-32)25(28)33/h1-10,15,17,29H,11-14H2,(H2,28,33)(H,30,31). The van der Waals surface area contributed by atoms with Gasteiger partial charge in [0.05, 0.1) is 21.9 Å². The number of fused-ring (bicyclic) bond motifs is 1. The molecule has 8 heteroatoms. The van der Waals surface area contributed by atoms with Crippen molar-refractivity contribution in [3.05, 3.63) is 77.3 Å². The highest BCUT2D eigenvalue weighted by Crippen LogP contribution is 2.31. The van der Waals surface area contributed by atoms with E-state index in [2.05, 4.69) is 15.5 Å². The number of nitrogens with two attached hydrogens (primary N) is 1. The van der Waals surface area contributed by atoms with Crippen LogP contribution in [0.2, 0.25) is 5.02 Å². The summed E-state index contributed by atoms with van der Waals surface area (Å²) < 4.78 is 0. The van der Waals surface area contributed by atoms with Crippen molar-refractivity contribution in [1.29, 1.82) is 0 Å². The number of nitrogens with zero attached hydrogens (tertiary/aromatic N) is 2. The molecule has 34 heavy (non-hydrogen) atoms. The summed E-state index contributed by atoms with van der Waals surface area (Å²) in [5, 5.41) is 12.6. The second kappa shape index (κ2) is 9.19. The summed E-state index contributed by atoms with van der Waals surface area (Å²) in [5.74, 6) is -0.453. The van der Waals surface area contributed by atoms with Gasteiger partial charge in [0, 0.05) is 41.2 Å². The first-order valence-corrected chi connectivity index (χ1v) is 11.6. The fourth-order valence-electron chi connectivity index (χ4n) is 4.36. The van der Waals surface area contributed by atoms with E-state index < -0.39 is 0 Å². The normalized spacial score (nSPS) is 14.3. The maximum Gasteiger partial charge on any atom is 0.253 e. The molecule has 1 aliphatic rings. The molecular weight excluding hydrogens is 450 g/mol. The van der Waals surface area contributed by atoms with Gasteiger partial charge in [0.1, 0.15) is 0 Å². The molecule has 0 aliphatic carbocycles. The maximum absolute atomic E-state index is 12.9. The molecule has 4 aromatic rings. The minimum absolute atomic E-state index is 0.0309. The van der Waals surface area contributed by atoms with Crippen molar-refractivity contribution in [3.8, 4) is 11.3 Å². The SMILES string of the molecule is NC(=O)C1CCN(C(=O)c2ccc(-c3n[nH]c4cc(Nc5ccccc5Cl)ccc34)cc2)CC1. The number of nitrogens with one attached hydrogen (secondary N) is 2. The van der Waals surface area contributed by atoms with Crippen molar-refractivity contribution in [2.24, 2.45) is 11.7 Å². The fraction of sp³-hybridized carbons (Fsp3) is 0.192. The van der Waals surface area contributed by atoms with Crippen LogP contribution in [0.1, 0.15) is 23.2 Å². The van der Waals surface area contributed by atoms with Gasteiger partial charge in [-0.25, -0.2) is 0 Å². The molecule has 1 aromatic heterocycles. The van der Waals surface area contributed by atoms with Crippen molar-refractivity contribution in [1.82, 2.24) is 15.1 Å². The van der Waals surface area contributed by atoms with Gasteiger partial charge in [0.15, 0.2) is 0 Å². The summed E-state index contributed by atoms with van der Waals surface area (Å²) >= 11 is 6.25.